The fourth-order valence-electron chi connectivity index (χ4n) is 6.53. The molecule has 17 heteroatoms. The van der Waals surface area contributed by atoms with E-state index in [9.17, 15) is 43.1 Å². The van der Waals surface area contributed by atoms with Crippen molar-refractivity contribution in [2.75, 3.05) is 20.1 Å². The molecular formula is C37H47FN8O8. The van der Waals surface area contributed by atoms with Gasteiger partial charge in [-0.05, 0) is 49.3 Å². The Balaban J connectivity index is 1.64. The van der Waals surface area contributed by atoms with Gasteiger partial charge in [-0.2, -0.15) is 0 Å². The van der Waals surface area contributed by atoms with Crippen molar-refractivity contribution < 1.29 is 43.1 Å². The van der Waals surface area contributed by atoms with E-state index in [0.717, 1.165) is 44.3 Å². The molecule has 1 saturated carbocycles. The number of hydrogen-bond donors (Lipinski definition) is 6. The number of carboxylic acids is 1. The lowest BCUT2D eigenvalue weighted by atomic mass is 9.84. The zero-order valence-corrected chi connectivity index (χ0v) is 30.1. The third-order valence-electron chi connectivity index (χ3n) is 9.48. The molecular weight excluding hydrogens is 703 g/mol. The van der Waals surface area contributed by atoms with Crippen LogP contribution in [0.2, 0.25) is 0 Å². The Morgan fingerprint density at radius 1 is 0.907 bits per heavy atom. The molecule has 2 heterocycles. The first-order chi connectivity index (χ1) is 25.9. The first kappa shape index (κ1) is 41.0. The maximum Gasteiger partial charge on any atom is 0.326 e. The van der Waals surface area contributed by atoms with Crippen LogP contribution in [0.3, 0.4) is 0 Å². The van der Waals surface area contributed by atoms with Crippen molar-refractivity contribution in [2.24, 2.45) is 5.92 Å². The highest BCUT2D eigenvalue weighted by molar-refractivity contribution is 6.00. The number of nitrogens with zero attached hydrogens (tertiary/aromatic N) is 3. The number of likely N-dealkylation sites (N-methyl/N-ethyl adjacent to an activating group) is 1. The summed E-state index contributed by atoms with van der Waals surface area (Å²) >= 11 is 0. The van der Waals surface area contributed by atoms with Gasteiger partial charge in [0.15, 0.2) is 0 Å². The van der Waals surface area contributed by atoms with E-state index < -0.39 is 71.4 Å². The quantitative estimate of drug-likeness (QED) is 0.187. The van der Waals surface area contributed by atoms with E-state index in [4.69, 9.17) is 0 Å². The Morgan fingerprint density at radius 2 is 1.61 bits per heavy atom. The van der Waals surface area contributed by atoms with Gasteiger partial charge in [-0.25, -0.2) is 14.2 Å². The molecule has 0 unspecified atom stereocenters. The number of aromatic nitrogens is 2. The van der Waals surface area contributed by atoms with Crippen molar-refractivity contribution in [2.45, 2.75) is 88.4 Å². The number of halogens is 1. The minimum absolute atomic E-state index is 0.0380. The Hall–Kier alpha value is -5.74. The van der Waals surface area contributed by atoms with E-state index in [-0.39, 0.29) is 56.8 Å². The average Bonchev–Trinajstić information content (AvgIpc) is 3.16. The molecule has 2 aromatic rings. The van der Waals surface area contributed by atoms with Crippen molar-refractivity contribution in [3.63, 3.8) is 0 Å². The predicted molar refractivity (Wildman–Crippen MR) is 192 cm³/mol. The number of carbonyl (C=O) groups excluding carboxylic acids is 6. The molecule has 54 heavy (non-hydrogen) atoms. The third kappa shape index (κ3) is 12.7. The van der Waals surface area contributed by atoms with Gasteiger partial charge >= 0.3 is 5.97 Å². The summed E-state index contributed by atoms with van der Waals surface area (Å²) in [7, 11) is 1.39. The number of amides is 6. The second kappa shape index (κ2) is 20.5. The minimum atomic E-state index is -1.43. The van der Waals surface area contributed by atoms with Gasteiger partial charge in [0.05, 0.1) is 6.20 Å². The number of carboxylic acid groups (broad SMARTS) is 1. The summed E-state index contributed by atoms with van der Waals surface area (Å²) in [6.45, 7) is -0.110. The lowest BCUT2D eigenvalue weighted by molar-refractivity contribution is -0.142. The van der Waals surface area contributed by atoms with Crippen molar-refractivity contribution in [1.82, 2.24) is 41.5 Å². The molecule has 0 saturated heterocycles. The van der Waals surface area contributed by atoms with Crippen molar-refractivity contribution in [3.05, 3.63) is 72.1 Å². The van der Waals surface area contributed by atoms with Crippen LogP contribution in [0, 0.1) is 11.7 Å². The maximum absolute atomic E-state index is 14.3. The van der Waals surface area contributed by atoms with Crippen molar-refractivity contribution >= 4 is 41.4 Å². The molecule has 290 valence electrons. The molecule has 4 atom stereocenters. The summed E-state index contributed by atoms with van der Waals surface area (Å²) < 4.78 is 13.8. The summed E-state index contributed by atoms with van der Waals surface area (Å²) in [6, 6.07) is 0.431. The molecule has 0 spiro atoms. The first-order valence-corrected chi connectivity index (χ1v) is 18.1. The van der Waals surface area contributed by atoms with Gasteiger partial charge in [-0.15, -0.1) is 0 Å². The number of nitrogens with one attached hydrogen (secondary N) is 5. The van der Waals surface area contributed by atoms with Crippen molar-refractivity contribution in [1.29, 1.82) is 0 Å². The van der Waals surface area contributed by atoms with Gasteiger partial charge in [0.2, 0.25) is 29.5 Å². The largest absolute Gasteiger partial charge is 0.480 e. The van der Waals surface area contributed by atoms with Crippen LogP contribution in [-0.2, 0) is 35.2 Å². The second-order valence-electron chi connectivity index (χ2n) is 13.5. The van der Waals surface area contributed by atoms with Crippen molar-refractivity contribution in [3.8, 4) is 0 Å². The lowest BCUT2D eigenvalue weighted by Gasteiger charge is -2.32. The molecule has 6 amide bonds. The fraction of sp³-hybridized carbons (Fsp3) is 0.486. The number of carbonyl (C=O) groups is 7. The minimum Gasteiger partial charge on any atom is -0.480 e. The Labute approximate surface area is 312 Å². The van der Waals surface area contributed by atoms with E-state index in [1.807, 2.05) is 0 Å². The average molecular weight is 751 g/mol. The molecule has 16 nitrogen and oxygen atoms in total. The van der Waals surface area contributed by atoms with Crippen LogP contribution in [0.5, 0.6) is 0 Å². The topological polar surface area (TPSA) is 229 Å². The van der Waals surface area contributed by atoms with Gasteiger partial charge in [0, 0.05) is 51.1 Å². The molecule has 0 bridgehead atoms. The summed E-state index contributed by atoms with van der Waals surface area (Å²) in [5.41, 5.74) is 0.603. The molecule has 1 aromatic heterocycles. The first-order valence-electron chi connectivity index (χ1n) is 18.1. The van der Waals surface area contributed by atoms with E-state index in [1.54, 1.807) is 0 Å². The van der Waals surface area contributed by atoms with Crippen LogP contribution < -0.4 is 26.6 Å². The van der Waals surface area contributed by atoms with Gasteiger partial charge in [0.1, 0.15) is 35.7 Å². The summed E-state index contributed by atoms with van der Waals surface area (Å²) in [4.78, 5) is 101. The van der Waals surface area contributed by atoms with Crippen LogP contribution in [0.25, 0.3) is 0 Å². The Bertz CT molecular complexity index is 1670. The van der Waals surface area contributed by atoms with Crippen LogP contribution in [0.1, 0.15) is 73.8 Å². The fourth-order valence-corrected chi connectivity index (χ4v) is 6.53. The Kier molecular flexibility index (Phi) is 15.6. The monoisotopic (exact) mass is 750 g/mol. The lowest BCUT2D eigenvalue weighted by Crippen LogP contribution is -2.58. The predicted octanol–water partition coefficient (Wildman–Crippen LogP) is 0.781. The number of hydrogen-bond acceptors (Lipinski definition) is 9. The Morgan fingerprint density at radius 3 is 2.28 bits per heavy atom. The zero-order chi connectivity index (χ0) is 39.0. The van der Waals surface area contributed by atoms with E-state index >= 15 is 0 Å². The molecule has 1 aliphatic heterocycles. The highest BCUT2D eigenvalue weighted by Crippen LogP contribution is 2.27. The van der Waals surface area contributed by atoms with Gasteiger partial charge in [-0.1, -0.05) is 44.2 Å². The van der Waals surface area contributed by atoms with E-state index in [1.165, 1.54) is 54.8 Å². The van der Waals surface area contributed by atoms with Gasteiger partial charge in [0.25, 0.3) is 5.91 Å². The van der Waals surface area contributed by atoms with E-state index in [2.05, 4.69) is 36.6 Å². The SMILES string of the molecule is CN1C(=O)[C@H](Cc2ccc(F)cc2)NC(=O)[C@H](CC2CCCCC2)NC(=O)/C=C\C(=O)N[C@H](C(=O)O)CCNC(=O)[C@@H]1CCCNC(=O)c1cnccn1. The molecule has 1 aromatic carbocycles. The summed E-state index contributed by atoms with van der Waals surface area (Å²) in [6.07, 6.45) is 10.7. The van der Waals surface area contributed by atoms with E-state index in [0.29, 0.717) is 5.56 Å². The highest BCUT2D eigenvalue weighted by Gasteiger charge is 2.35. The molecule has 1 fully saturated rings. The van der Waals surface area contributed by atoms with Gasteiger partial charge < -0.3 is 36.6 Å². The standard InChI is InChI=1S/C37H47FN8O8/c1-46-30(8-5-16-41-33(49)29-22-39-18-19-40-29)35(51)42-17-15-26(37(53)54)43-31(47)13-14-32(48)44-27(20-23-6-3-2-4-7-23)34(50)45-28(36(46)52)21-24-9-11-25(38)12-10-24/h9-14,18-19,22-23,26-28,30H,2-8,15-17,20-21H2,1H3,(H,41,49)(H,42,51)(H,43,47)(H,44,48)(H,45,50)(H,53,54)/b14-13-/t26-,27-,28-,30-/m0/s1. The molecule has 4 rings (SSSR count). The number of rotatable bonds is 10. The molecule has 6 N–H and O–H groups in total. The van der Waals surface area contributed by atoms with Crippen LogP contribution >= 0.6 is 0 Å². The number of aliphatic carboxylic acids is 1. The maximum atomic E-state index is 14.3. The normalized spacial score (nSPS) is 23.1. The number of benzene rings is 1. The summed E-state index contributed by atoms with van der Waals surface area (Å²) in [5.74, 6) is -5.87. The molecule has 0 radical (unpaired) electrons. The van der Waals surface area contributed by atoms with Crippen LogP contribution in [0.4, 0.5) is 4.39 Å². The van der Waals surface area contributed by atoms with Crippen LogP contribution in [-0.4, -0.2) is 106 Å². The third-order valence-corrected chi connectivity index (χ3v) is 9.48. The van der Waals surface area contributed by atoms with Gasteiger partial charge in [-0.3, -0.25) is 33.8 Å². The van der Waals surface area contributed by atoms with Crippen LogP contribution in [0.15, 0.2) is 55.0 Å². The smallest absolute Gasteiger partial charge is 0.326 e. The summed E-state index contributed by atoms with van der Waals surface area (Å²) in [5, 5.41) is 22.8. The zero-order valence-electron chi connectivity index (χ0n) is 30.1. The highest BCUT2D eigenvalue weighted by atomic mass is 19.1. The molecule has 2 aliphatic rings. The molecule has 1 aliphatic carbocycles. The second-order valence-corrected chi connectivity index (χ2v) is 13.5.